The molecule has 1 heterocycles. The highest BCUT2D eigenvalue weighted by Crippen LogP contribution is 2.26. The predicted octanol–water partition coefficient (Wildman–Crippen LogP) is 3.46. The maximum absolute atomic E-state index is 12.3. The van der Waals surface area contributed by atoms with Crippen LogP contribution in [0.15, 0.2) is 22.7 Å². The zero-order chi connectivity index (χ0) is 14.9. The maximum atomic E-state index is 12.3. The predicted molar refractivity (Wildman–Crippen MR) is 81.5 cm³/mol. The van der Waals surface area contributed by atoms with Crippen molar-refractivity contribution in [1.29, 1.82) is 0 Å². The molecule has 0 N–H and O–H groups in total. The first-order valence-corrected chi connectivity index (χ1v) is 7.10. The van der Waals surface area contributed by atoms with Crippen LogP contribution in [0.1, 0.15) is 27.3 Å². The van der Waals surface area contributed by atoms with Gasteiger partial charge in [-0.1, -0.05) is 0 Å². The molecule has 5 heteroatoms. The SMILES string of the molecule is COc1ccc(C(=O)Cn2nc(C)c(C)c2C)cc1Br. The molecule has 20 heavy (non-hydrogen) atoms. The Kier molecular flexibility index (Phi) is 4.28. The third-order valence-electron chi connectivity index (χ3n) is 3.51. The lowest BCUT2D eigenvalue weighted by Crippen LogP contribution is -2.13. The number of carbonyl (C=O) groups is 1. The highest BCUT2D eigenvalue weighted by molar-refractivity contribution is 9.10. The topological polar surface area (TPSA) is 44.1 Å². The molecule has 1 aromatic heterocycles. The van der Waals surface area contributed by atoms with Crippen LogP contribution < -0.4 is 4.74 Å². The average Bonchev–Trinajstić information content (AvgIpc) is 2.66. The summed E-state index contributed by atoms with van der Waals surface area (Å²) < 4.78 is 7.69. The molecule has 0 saturated carbocycles. The van der Waals surface area contributed by atoms with Crippen molar-refractivity contribution in [2.45, 2.75) is 27.3 Å². The second kappa shape index (κ2) is 5.79. The van der Waals surface area contributed by atoms with Gasteiger partial charge in [-0.25, -0.2) is 0 Å². The molecule has 0 spiro atoms. The van der Waals surface area contributed by atoms with E-state index in [0.29, 0.717) is 11.3 Å². The Balaban J connectivity index is 2.24. The Bertz CT molecular complexity index is 662. The molecule has 2 rings (SSSR count). The third-order valence-corrected chi connectivity index (χ3v) is 4.13. The van der Waals surface area contributed by atoms with E-state index in [1.54, 1.807) is 30.0 Å². The molecule has 0 bridgehead atoms. The average molecular weight is 337 g/mol. The second-order valence-corrected chi connectivity index (χ2v) is 5.58. The van der Waals surface area contributed by atoms with Gasteiger partial charge in [-0.2, -0.15) is 5.10 Å². The van der Waals surface area contributed by atoms with Crippen molar-refractivity contribution in [2.75, 3.05) is 7.11 Å². The normalized spacial score (nSPS) is 10.7. The van der Waals surface area contributed by atoms with Crippen molar-refractivity contribution in [2.24, 2.45) is 0 Å². The van der Waals surface area contributed by atoms with Crippen LogP contribution in [-0.4, -0.2) is 22.7 Å². The molecule has 2 aromatic rings. The summed E-state index contributed by atoms with van der Waals surface area (Å²) in [6, 6.07) is 5.33. The third kappa shape index (κ3) is 2.77. The Morgan fingerprint density at radius 2 is 2.05 bits per heavy atom. The highest BCUT2D eigenvalue weighted by Gasteiger charge is 2.13. The number of nitrogens with zero attached hydrogens (tertiary/aromatic N) is 2. The Labute approximate surface area is 126 Å². The zero-order valence-electron chi connectivity index (χ0n) is 12.0. The van der Waals surface area contributed by atoms with Gasteiger partial charge in [0.2, 0.25) is 0 Å². The summed E-state index contributed by atoms with van der Waals surface area (Å²) in [5.41, 5.74) is 3.77. The molecule has 0 radical (unpaired) electrons. The summed E-state index contributed by atoms with van der Waals surface area (Å²) in [5.74, 6) is 0.738. The Hall–Kier alpha value is -1.62. The van der Waals surface area contributed by atoms with E-state index in [1.807, 2.05) is 20.8 Å². The number of halogens is 1. The van der Waals surface area contributed by atoms with Gasteiger partial charge in [-0.15, -0.1) is 0 Å². The van der Waals surface area contributed by atoms with Crippen LogP contribution >= 0.6 is 15.9 Å². The van der Waals surface area contributed by atoms with Gasteiger partial charge in [0.25, 0.3) is 0 Å². The van der Waals surface area contributed by atoms with Crippen LogP contribution in [0.5, 0.6) is 5.75 Å². The highest BCUT2D eigenvalue weighted by atomic mass is 79.9. The van der Waals surface area contributed by atoms with Crippen LogP contribution in [0.3, 0.4) is 0 Å². The lowest BCUT2D eigenvalue weighted by molar-refractivity contribution is 0.0966. The van der Waals surface area contributed by atoms with Crippen LogP contribution in [0.2, 0.25) is 0 Å². The van der Waals surface area contributed by atoms with Gasteiger partial charge in [0.15, 0.2) is 5.78 Å². The molecule has 0 aliphatic carbocycles. The molecule has 0 aliphatic rings. The first-order valence-electron chi connectivity index (χ1n) is 6.31. The monoisotopic (exact) mass is 336 g/mol. The van der Waals surface area contributed by atoms with Gasteiger partial charge in [0, 0.05) is 11.3 Å². The summed E-state index contributed by atoms with van der Waals surface area (Å²) in [6.45, 7) is 6.20. The molecule has 1 aromatic carbocycles. The number of benzene rings is 1. The molecular weight excluding hydrogens is 320 g/mol. The molecule has 0 saturated heterocycles. The van der Waals surface area contributed by atoms with E-state index >= 15 is 0 Å². The van der Waals surface area contributed by atoms with Gasteiger partial charge in [0.05, 0.1) is 17.3 Å². The van der Waals surface area contributed by atoms with Gasteiger partial charge < -0.3 is 4.74 Å². The van der Waals surface area contributed by atoms with Crippen LogP contribution in [0, 0.1) is 20.8 Å². The minimum absolute atomic E-state index is 0.0268. The number of ether oxygens (including phenoxy) is 1. The minimum atomic E-state index is 0.0268. The van der Waals surface area contributed by atoms with Crippen molar-refractivity contribution < 1.29 is 9.53 Å². The minimum Gasteiger partial charge on any atom is -0.496 e. The number of carbonyl (C=O) groups excluding carboxylic acids is 1. The quantitative estimate of drug-likeness (QED) is 0.803. The molecule has 0 unspecified atom stereocenters. The number of rotatable bonds is 4. The van der Waals surface area contributed by atoms with Crippen LogP contribution in [-0.2, 0) is 6.54 Å². The molecule has 4 nitrogen and oxygen atoms in total. The maximum Gasteiger partial charge on any atom is 0.184 e. The smallest absolute Gasteiger partial charge is 0.184 e. The lowest BCUT2D eigenvalue weighted by atomic mass is 10.1. The number of methoxy groups -OCH3 is 1. The Morgan fingerprint density at radius 3 is 2.55 bits per heavy atom. The summed E-state index contributed by atoms with van der Waals surface area (Å²) in [5, 5.41) is 4.39. The van der Waals surface area contributed by atoms with Gasteiger partial charge in [-0.05, 0) is 60.5 Å². The number of aromatic nitrogens is 2. The second-order valence-electron chi connectivity index (χ2n) is 4.73. The summed E-state index contributed by atoms with van der Waals surface area (Å²) in [6.07, 6.45) is 0. The van der Waals surface area contributed by atoms with E-state index in [-0.39, 0.29) is 12.3 Å². The molecule has 0 atom stereocenters. The number of aryl methyl sites for hydroxylation is 1. The molecule has 0 fully saturated rings. The molecular formula is C15H17BrN2O2. The van der Waals surface area contributed by atoms with Crippen LogP contribution in [0.4, 0.5) is 0 Å². The van der Waals surface area contributed by atoms with Gasteiger partial charge in [0.1, 0.15) is 12.3 Å². The van der Waals surface area contributed by atoms with E-state index in [4.69, 9.17) is 4.74 Å². The zero-order valence-corrected chi connectivity index (χ0v) is 13.6. The lowest BCUT2D eigenvalue weighted by Gasteiger charge is -2.07. The number of Topliss-reactive ketones (excluding diaryl/α,β-unsaturated/α-hetero) is 1. The fourth-order valence-electron chi connectivity index (χ4n) is 2.01. The molecule has 106 valence electrons. The van der Waals surface area contributed by atoms with Crippen molar-refractivity contribution in [3.8, 4) is 5.75 Å². The summed E-state index contributed by atoms with van der Waals surface area (Å²) >= 11 is 3.39. The van der Waals surface area contributed by atoms with Crippen LogP contribution in [0.25, 0.3) is 0 Å². The van der Waals surface area contributed by atoms with E-state index in [0.717, 1.165) is 21.4 Å². The van der Waals surface area contributed by atoms with Crippen molar-refractivity contribution >= 4 is 21.7 Å². The van der Waals surface area contributed by atoms with Crippen molar-refractivity contribution in [1.82, 2.24) is 9.78 Å². The number of hydrogen-bond acceptors (Lipinski definition) is 3. The van der Waals surface area contributed by atoms with E-state index in [9.17, 15) is 4.79 Å². The largest absolute Gasteiger partial charge is 0.496 e. The van der Waals surface area contributed by atoms with Gasteiger partial charge in [-0.3, -0.25) is 9.48 Å². The fourth-order valence-corrected chi connectivity index (χ4v) is 2.55. The first kappa shape index (κ1) is 14.8. The van der Waals surface area contributed by atoms with Crippen molar-refractivity contribution in [3.05, 3.63) is 45.2 Å². The molecule has 0 aliphatic heterocycles. The number of ketones is 1. The molecule has 0 amide bonds. The number of hydrogen-bond donors (Lipinski definition) is 0. The van der Waals surface area contributed by atoms with E-state index in [1.165, 1.54) is 0 Å². The fraction of sp³-hybridized carbons (Fsp3) is 0.333. The first-order chi connectivity index (χ1) is 9.43. The standard InChI is InChI=1S/C15H17BrN2O2/c1-9-10(2)17-18(11(9)3)8-14(19)12-5-6-15(20-4)13(16)7-12/h5-7H,8H2,1-4H3. The van der Waals surface area contributed by atoms with E-state index in [2.05, 4.69) is 21.0 Å². The van der Waals surface area contributed by atoms with Gasteiger partial charge >= 0.3 is 0 Å². The summed E-state index contributed by atoms with van der Waals surface area (Å²) in [4.78, 5) is 12.3. The van der Waals surface area contributed by atoms with Crippen molar-refractivity contribution in [3.63, 3.8) is 0 Å². The summed E-state index contributed by atoms with van der Waals surface area (Å²) in [7, 11) is 1.60. The van der Waals surface area contributed by atoms with E-state index < -0.39 is 0 Å². The Morgan fingerprint density at radius 1 is 1.35 bits per heavy atom.